The molecule has 0 saturated carbocycles. The molecule has 4 rings (SSSR count). The largest absolute Gasteiger partial charge is 0.508 e. The third-order valence-corrected chi connectivity index (χ3v) is 4.63. The van der Waals surface area contributed by atoms with Crippen LogP contribution in [0, 0.1) is 0 Å². The quantitative estimate of drug-likeness (QED) is 0.727. The van der Waals surface area contributed by atoms with E-state index in [4.69, 9.17) is 9.47 Å². The summed E-state index contributed by atoms with van der Waals surface area (Å²) in [7, 11) is 0. The molecule has 3 N–H and O–H groups in total. The Kier molecular flexibility index (Phi) is 3.41. The van der Waals surface area contributed by atoms with E-state index >= 15 is 0 Å². The van der Waals surface area contributed by atoms with Crippen LogP contribution in [0.3, 0.4) is 0 Å². The van der Waals surface area contributed by atoms with E-state index in [0.29, 0.717) is 16.9 Å². The molecular formula is C20H18O6. The molecule has 0 spiro atoms. The fourth-order valence-electron chi connectivity index (χ4n) is 3.34. The lowest BCUT2D eigenvalue weighted by Crippen LogP contribution is -2.30. The van der Waals surface area contributed by atoms with Crippen LogP contribution in [0.4, 0.5) is 0 Å². The SMILES string of the molecule is CC1(C)C=Cc2c(cc(O)c3c2OC[C@H](c2ccc(O)cc2O)C3=O)O1. The highest BCUT2D eigenvalue weighted by Gasteiger charge is 2.37. The van der Waals surface area contributed by atoms with Gasteiger partial charge in [-0.1, -0.05) is 6.07 Å². The van der Waals surface area contributed by atoms with E-state index in [0.717, 1.165) is 0 Å². The fraction of sp³-hybridized carbons (Fsp3) is 0.250. The van der Waals surface area contributed by atoms with Crippen molar-refractivity contribution in [2.24, 2.45) is 0 Å². The van der Waals surface area contributed by atoms with Crippen LogP contribution in [-0.2, 0) is 0 Å². The Bertz CT molecular complexity index is 957. The van der Waals surface area contributed by atoms with Gasteiger partial charge in [-0.15, -0.1) is 0 Å². The van der Waals surface area contributed by atoms with Crippen LogP contribution in [0.25, 0.3) is 6.08 Å². The van der Waals surface area contributed by atoms with Gasteiger partial charge in [-0.2, -0.15) is 0 Å². The van der Waals surface area contributed by atoms with Gasteiger partial charge in [0.15, 0.2) is 5.78 Å². The van der Waals surface area contributed by atoms with Gasteiger partial charge in [0.25, 0.3) is 0 Å². The van der Waals surface area contributed by atoms with Gasteiger partial charge >= 0.3 is 0 Å². The lowest BCUT2D eigenvalue weighted by molar-refractivity contribution is 0.0888. The fourth-order valence-corrected chi connectivity index (χ4v) is 3.34. The van der Waals surface area contributed by atoms with Crippen molar-refractivity contribution in [1.29, 1.82) is 0 Å². The van der Waals surface area contributed by atoms with Gasteiger partial charge < -0.3 is 24.8 Å². The van der Waals surface area contributed by atoms with Gasteiger partial charge in [-0.25, -0.2) is 0 Å². The van der Waals surface area contributed by atoms with Gasteiger partial charge in [0.05, 0.1) is 11.5 Å². The number of phenolic OH excluding ortho intramolecular Hbond substituents is 3. The lowest BCUT2D eigenvalue weighted by Gasteiger charge is -2.32. The molecule has 0 unspecified atom stereocenters. The molecule has 6 heteroatoms. The highest BCUT2D eigenvalue weighted by Crippen LogP contribution is 2.48. The Morgan fingerprint density at radius 3 is 2.62 bits per heavy atom. The second-order valence-corrected chi connectivity index (χ2v) is 7.02. The molecule has 0 saturated heterocycles. The van der Waals surface area contributed by atoms with Crippen molar-refractivity contribution < 1.29 is 29.6 Å². The molecule has 0 aromatic heterocycles. The molecule has 2 aromatic carbocycles. The Balaban J connectivity index is 1.81. The van der Waals surface area contributed by atoms with Crippen LogP contribution in [0.15, 0.2) is 30.3 Å². The van der Waals surface area contributed by atoms with Gasteiger partial charge in [-0.3, -0.25) is 4.79 Å². The summed E-state index contributed by atoms with van der Waals surface area (Å²) < 4.78 is 11.6. The number of rotatable bonds is 1. The van der Waals surface area contributed by atoms with E-state index in [9.17, 15) is 20.1 Å². The van der Waals surface area contributed by atoms with Crippen molar-refractivity contribution in [3.8, 4) is 28.7 Å². The molecule has 6 nitrogen and oxygen atoms in total. The molecule has 0 bridgehead atoms. The summed E-state index contributed by atoms with van der Waals surface area (Å²) in [5.41, 5.74) is 0.495. The molecule has 2 aliphatic rings. The van der Waals surface area contributed by atoms with Crippen LogP contribution < -0.4 is 9.47 Å². The summed E-state index contributed by atoms with van der Waals surface area (Å²) in [6, 6.07) is 5.45. The Morgan fingerprint density at radius 2 is 1.88 bits per heavy atom. The van der Waals surface area contributed by atoms with E-state index in [1.54, 1.807) is 0 Å². The summed E-state index contributed by atoms with van der Waals surface area (Å²) in [5.74, 6) is -0.921. The maximum Gasteiger partial charge on any atom is 0.181 e. The number of benzene rings is 2. The minimum Gasteiger partial charge on any atom is -0.508 e. The first-order chi connectivity index (χ1) is 12.3. The predicted octanol–water partition coefficient (Wildman–Crippen LogP) is 3.35. The molecule has 134 valence electrons. The van der Waals surface area contributed by atoms with Crippen LogP contribution >= 0.6 is 0 Å². The number of phenols is 3. The van der Waals surface area contributed by atoms with E-state index < -0.39 is 11.5 Å². The van der Waals surface area contributed by atoms with Crippen molar-refractivity contribution >= 4 is 11.9 Å². The van der Waals surface area contributed by atoms with Crippen molar-refractivity contribution in [2.45, 2.75) is 25.4 Å². The van der Waals surface area contributed by atoms with Crippen molar-refractivity contribution in [3.05, 3.63) is 47.0 Å². The maximum atomic E-state index is 13.0. The highest BCUT2D eigenvalue weighted by molar-refractivity contribution is 6.08. The number of ketones is 1. The van der Waals surface area contributed by atoms with E-state index in [2.05, 4.69) is 0 Å². The van der Waals surface area contributed by atoms with Crippen LogP contribution in [0.2, 0.25) is 0 Å². The molecule has 26 heavy (non-hydrogen) atoms. The molecule has 0 amide bonds. The van der Waals surface area contributed by atoms with Gasteiger partial charge in [0, 0.05) is 17.7 Å². The molecule has 2 heterocycles. The zero-order valence-corrected chi connectivity index (χ0v) is 14.3. The topological polar surface area (TPSA) is 96.2 Å². The summed E-state index contributed by atoms with van der Waals surface area (Å²) in [6.45, 7) is 3.79. The van der Waals surface area contributed by atoms with Gasteiger partial charge in [-0.05, 0) is 32.1 Å². The normalized spacial score (nSPS) is 19.9. The third kappa shape index (κ3) is 2.45. The number of carbonyl (C=O) groups is 1. The van der Waals surface area contributed by atoms with Crippen molar-refractivity contribution in [3.63, 3.8) is 0 Å². The summed E-state index contributed by atoms with van der Waals surface area (Å²) >= 11 is 0. The molecule has 2 aliphatic heterocycles. The molecule has 2 aromatic rings. The van der Waals surface area contributed by atoms with E-state index in [1.807, 2.05) is 26.0 Å². The number of carbonyl (C=O) groups excluding carboxylic acids is 1. The monoisotopic (exact) mass is 354 g/mol. The third-order valence-electron chi connectivity index (χ3n) is 4.63. The summed E-state index contributed by atoms with van der Waals surface area (Å²) in [4.78, 5) is 13.0. The number of ether oxygens (including phenoxy) is 2. The Hall–Kier alpha value is -3.15. The van der Waals surface area contributed by atoms with Crippen molar-refractivity contribution in [2.75, 3.05) is 6.61 Å². The molecule has 1 atom stereocenters. The second kappa shape index (κ2) is 5.42. The minimum absolute atomic E-state index is 0.0112. The standard InChI is InChI=1S/C20H18O6/c1-20(2)6-5-12-16(26-20)8-15(23)17-18(24)13(9-25-19(12)17)11-4-3-10(21)7-14(11)22/h3-8,13,21-23H,9H2,1-2H3/t13-/m1/s1. The molecular weight excluding hydrogens is 336 g/mol. The highest BCUT2D eigenvalue weighted by atomic mass is 16.5. The van der Waals surface area contributed by atoms with Crippen molar-refractivity contribution in [1.82, 2.24) is 0 Å². The first kappa shape index (κ1) is 16.3. The molecule has 0 fully saturated rings. The van der Waals surface area contributed by atoms with E-state index in [-0.39, 0.29) is 41.0 Å². The molecule has 0 aliphatic carbocycles. The first-order valence-corrected chi connectivity index (χ1v) is 8.24. The van der Waals surface area contributed by atoms with Gasteiger partial charge in [0.2, 0.25) is 0 Å². The lowest BCUT2D eigenvalue weighted by atomic mass is 9.86. The summed E-state index contributed by atoms with van der Waals surface area (Å²) in [5, 5.41) is 29.9. The van der Waals surface area contributed by atoms with Crippen LogP contribution in [0.5, 0.6) is 28.7 Å². The predicted molar refractivity (Wildman–Crippen MR) is 94.2 cm³/mol. The van der Waals surface area contributed by atoms with E-state index in [1.165, 1.54) is 24.3 Å². The Morgan fingerprint density at radius 1 is 1.12 bits per heavy atom. The Labute approximate surface area is 149 Å². The van der Waals surface area contributed by atoms with Gasteiger partial charge in [0.1, 0.15) is 46.5 Å². The second-order valence-electron chi connectivity index (χ2n) is 7.02. The number of hydrogen-bond donors (Lipinski definition) is 3. The minimum atomic E-state index is -0.781. The average Bonchev–Trinajstić information content (AvgIpc) is 2.54. The zero-order chi connectivity index (χ0) is 18.6. The maximum absolute atomic E-state index is 13.0. The molecule has 0 radical (unpaired) electrons. The smallest absolute Gasteiger partial charge is 0.181 e. The number of hydrogen-bond acceptors (Lipinski definition) is 6. The number of Topliss-reactive ketones (excluding diaryl/α,β-unsaturated/α-hetero) is 1. The number of fused-ring (bicyclic) bond motifs is 3. The van der Waals surface area contributed by atoms with Crippen LogP contribution in [-0.4, -0.2) is 33.3 Å². The zero-order valence-electron chi connectivity index (χ0n) is 14.3. The average molecular weight is 354 g/mol. The van der Waals surface area contributed by atoms with Crippen LogP contribution in [0.1, 0.15) is 41.3 Å². The summed E-state index contributed by atoms with van der Waals surface area (Å²) in [6.07, 6.45) is 3.68. The first-order valence-electron chi connectivity index (χ1n) is 8.24. The number of aromatic hydroxyl groups is 3.